The van der Waals surface area contributed by atoms with Crippen molar-refractivity contribution < 1.29 is 9.13 Å². The first-order valence-corrected chi connectivity index (χ1v) is 7.93. The zero-order chi connectivity index (χ0) is 18.9. The van der Waals surface area contributed by atoms with E-state index in [1.165, 1.54) is 24.7 Å². The normalized spacial score (nSPS) is 11.4. The van der Waals surface area contributed by atoms with E-state index in [4.69, 9.17) is 16.2 Å². The van der Waals surface area contributed by atoms with Crippen LogP contribution in [0.5, 0.6) is 11.8 Å². The minimum absolute atomic E-state index is 0.0271. The highest BCUT2D eigenvalue weighted by molar-refractivity contribution is 5.64. The van der Waals surface area contributed by atoms with Crippen LogP contribution >= 0.6 is 0 Å². The maximum Gasteiger partial charge on any atom is 0.323 e. The number of anilines is 2. The van der Waals surface area contributed by atoms with Gasteiger partial charge < -0.3 is 16.2 Å². The van der Waals surface area contributed by atoms with E-state index >= 15 is 4.39 Å². The maximum atomic E-state index is 15.3. The third-order valence-corrected chi connectivity index (χ3v) is 3.70. The highest BCUT2D eigenvalue weighted by Crippen LogP contribution is 2.39. The number of hydrogen-bond donors (Lipinski definition) is 2. The zero-order valence-corrected chi connectivity index (χ0v) is 14.7. The van der Waals surface area contributed by atoms with Gasteiger partial charge in [0.05, 0.1) is 18.1 Å². The van der Waals surface area contributed by atoms with E-state index in [1.807, 2.05) is 20.8 Å². The molecule has 0 bridgehead atoms. The second-order valence-electron chi connectivity index (χ2n) is 6.75. The van der Waals surface area contributed by atoms with Gasteiger partial charge in [-0.3, -0.25) is 4.98 Å². The van der Waals surface area contributed by atoms with Gasteiger partial charge in [0, 0.05) is 17.3 Å². The molecule has 4 N–H and O–H groups in total. The fourth-order valence-electron chi connectivity index (χ4n) is 2.42. The predicted molar refractivity (Wildman–Crippen MR) is 97.1 cm³/mol. The Kier molecular flexibility index (Phi) is 4.41. The van der Waals surface area contributed by atoms with Crippen molar-refractivity contribution in [1.82, 2.24) is 19.9 Å². The molecule has 0 amide bonds. The maximum absolute atomic E-state index is 15.3. The molecule has 0 aliphatic carbocycles. The van der Waals surface area contributed by atoms with E-state index < -0.39 is 5.82 Å². The molecule has 26 heavy (non-hydrogen) atoms. The second-order valence-corrected chi connectivity index (χ2v) is 6.75. The summed E-state index contributed by atoms with van der Waals surface area (Å²) >= 11 is 0. The van der Waals surface area contributed by atoms with Crippen LogP contribution in [0.25, 0.3) is 11.3 Å². The van der Waals surface area contributed by atoms with Crippen LogP contribution in [0.1, 0.15) is 26.3 Å². The SMILES string of the molecule is CC(C)(C)c1ccc(-c2cnc(N)cn2)c(F)c1Oc1nccc(N)n1. The summed E-state index contributed by atoms with van der Waals surface area (Å²) in [5.41, 5.74) is 12.1. The Balaban J connectivity index is 2.15. The highest BCUT2D eigenvalue weighted by atomic mass is 19.1. The fraction of sp³-hybridized carbons (Fsp3) is 0.222. The van der Waals surface area contributed by atoms with Crippen LogP contribution in [0.2, 0.25) is 0 Å². The molecular weight excluding hydrogens is 335 g/mol. The third kappa shape index (κ3) is 3.53. The van der Waals surface area contributed by atoms with Crippen molar-refractivity contribution in [2.24, 2.45) is 0 Å². The van der Waals surface area contributed by atoms with E-state index in [-0.39, 0.29) is 34.4 Å². The lowest BCUT2D eigenvalue weighted by atomic mass is 9.85. The Morgan fingerprint density at radius 3 is 2.35 bits per heavy atom. The van der Waals surface area contributed by atoms with Crippen LogP contribution < -0.4 is 16.2 Å². The van der Waals surface area contributed by atoms with Gasteiger partial charge in [-0.25, -0.2) is 14.4 Å². The van der Waals surface area contributed by atoms with Gasteiger partial charge in [0.25, 0.3) is 0 Å². The number of benzene rings is 1. The van der Waals surface area contributed by atoms with Crippen molar-refractivity contribution >= 4 is 11.6 Å². The van der Waals surface area contributed by atoms with Gasteiger partial charge in [0.1, 0.15) is 11.6 Å². The first kappa shape index (κ1) is 17.5. The summed E-state index contributed by atoms with van der Waals surface area (Å²) in [6.45, 7) is 5.87. The minimum Gasteiger partial charge on any atom is -0.421 e. The number of nitrogens with zero attached hydrogens (tertiary/aromatic N) is 4. The largest absolute Gasteiger partial charge is 0.421 e. The molecule has 2 heterocycles. The van der Waals surface area contributed by atoms with E-state index in [1.54, 1.807) is 12.1 Å². The first-order valence-electron chi connectivity index (χ1n) is 7.93. The van der Waals surface area contributed by atoms with Crippen molar-refractivity contribution in [2.45, 2.75) is 26.2 Å². The van der Waals surface area contributed by atoms with E-state index in [0.29, 0.717) is 11.3 Å². The van der Waals surface area contributed by atoms with Gasteiger partial charge in [-0.2, -0.15) is 4.98 Å². The van der Waals surface area contributed by atoms with E-state index in [0.717, 1.165) is 0 Å². The number of rotatable bonds is 3. The van der Waals surface area contributed by atoms with Crippen LogP contribution in [-0.4, -0.2) is 19.9 Å². The Hall–Kier alpha value is -3.29. The number of aromatic nitrogens is 4. The molecule has 7 nitrogen and oxygen atoms in total. The summed E-state index contributed by atoms with van der Waals surface area (Å²) in [6.07, 6.45) is 4.22. The van der Waals surface area contributed by atoms with Crippen molar-refractivity contribution in [3.05, 3.63) is 48.2 Å². The van der Waals surface area contributed by atoms with Crippen LogP contribution in [-0.2, 0) is 5.41 Å². The summed E-state index contributed by atoms with van der Waals surface area (Å²) in [5, 5.41) is 0. The fourth-order valence-corrected chi connectivity index (χ4v) is 2.42. The lowest BCUT2D eigenvalue weighted by Gasteiger charge is -2.23. The molecule has 1 aromatic carbocycles. The number of nitrogen functional groups attached to an aromatic ring is 2. The third-order valence-electron chi connectivity index (χ3n) is 3.70. The molecule has 3 rings (SSSR count). The van der Waals surface area contributed by atoms with Gasteiger partial charge in [0.15, 0.2) is 11.6 Å². The first-order chi connectivity index (χ1) is 12.3. The molecule has 0 fully saturated rings. The number of nitrogens with two attached hydrogens (primary N) is 2. The van der Waals surface area contributed by atoms with Gasteiger partial charge in [-0.05, 0) is 17.5 Å². The van der Waals surface area contributed by atoms with Crippen molar-refractivity contribution in [3.63, 3.8) is 0 Å². The van der Waals surface area contributed by atoms with Gasteiger partial charge in [0.2, 0.25) is 0 Å². The molecule has 0 saturated heterocycles. The molecule has 3 aromatic rings. The Labute approximate surface area is 150 Å². The summed E-state index contributed by atoms with van der Waals surface area (Å²) in [5.74, 6) is -0.0693. The molecule has 0 atom stereocenters. The van der Waals surface area contributed by atoms with Crippen molar-refractivity contribution in [2.75, 3.05) is 11.5 Å². The molecule has 0 aliphatic rings. The Bertz CT molecular complexity index is 937. The van der Waals surface area contributed by atoms with Crippen molar-refractivity contribution in [1.29, 1.82) is 0 Å². The molecule has 0 aliphatic heterocycles. The van der Waals surface area contributed by atoms with Crippen LogP contribution in [0, 0.1) is 5.82 Å². The second kappa shape index (κ2) is 6.55. The average Bonchev–Trinajstić information content (AvgIpc) is 2.56. The van der Waals surface area contributed by atoms with Crippen LogP contribution in [0.4, 0.5) is 16.0 Å². The van der Waals surface area contributed by atoms with Gasteiger partial charge in [-0.15, -0.1) is 0 Å². The molecule has 134 valence electrons. The summed E-state index contributed by atoms with van der Waals surface area (Å²) in [6, 6.07) is 4.92. The van der Waals surface area contributed by atoms with Gasteiger partial charge in [-0.1, -0.05) is 26.8 Å². The summed E-state index contributed by atoms with van der Waals surface area (Å²) < 4.78 is 21.0. The number of ether oxygens (including phenoxy) is 1. The van der Waals surface area contributed by atoms with Crippen LogP contribution in [0.3, 0.4) is 0 Å². The monoisotopic (exact) mass is 354 g/mol. The van der Waals surface area contributed by atoms with Gasteiger partial charge >= 0.3 is 6.01 Å². The topological polar surface area (TPSA) is 113 Å². The highest BCUT2D eigenvalue weighted by Gasteiger charge is 2.26. The molecule has 0 spiro atoms. The van der Waals surface area contributed by atoms with E-state index in [9.17, 15) is 0 Å². The lowest BCUT2D eigenvalue weighted by Crippen LogP contribution is -2.14. The van der Waals surface area contributed by atoms with Crippen LogP contribution in [0.15, 0.2) is 36.8 Å². The molecule has 0 radical (unpaired) electrons. The minimum atomic E-state index is -0.581. The Morgan fingerprint density at radius 1 is 0.962 bits per heavy atom. The Morgan fingerprint density at radius 2 is 1.73 bits per heavy atom. The number of hydrogen-bond acceptors (Lipinski definition) is 7. The zero-order valence-electron chi connectivity index (χ0n) is 14.7. The smallest absolute Gasteiger partial charge is 0.323 e. The molecule has 2 aromatic heterocycles. The molecule has 0 unspecified atom stereocenters. The standard InChI is InChI=1S/C18H19FN6O/c1-18(2,3)11-5-4-10(12-8-24-14(21)9-23-12)15(19)16(11)26-17-22-7-6-13(20)25-17/h4-9H,1-3H3,(H2,21,24)(H2,20,22,25). The quantitative estimate of drug-likeness (QED) is 0.741. The van der Waals surface area contributed by atoms with Crippen molar-refractivity contribution in [3.8, 4) is 23.0 Å². The average molecular weight is 354 g/mol. The summed E-state index contributed by atoms with van der Waals surface area (Å²) in [7, 11) is 0. The number of halogens is 1. The predicted octanol–water partition coefficient (Wildman–Crippen LogP) is 3.33. The summed E-state index contributed by atoms with van der Waals surface area (Å²) in [4.78, 5) is 16.1. The van der Waals surface area contributed by atoms with E-state index in [2.05, 4.69) is 19.9 Å². The lowest BCUT2D eigenvalue weighted by molar-refractivity contribution is 0.395. The molecule has 0 saturated carbocycles. The molecular formula is C18H19FN6O. The molecule has 8 heteroatoms.